The Labute approximate surface area is 193 Å². The first-order valence-corrected chi connectivity index (χ1v) is 10.4. The molecular formula is C24H19N5O5. The Morgan fingerprint density at radius 3 is 2.56 bits per heavy atom. The summed E-state index contributed by atoms with van der Waals surface area (Å²) >= 11 is 0. The van der Waals surface area contributed by atoms with Gasteiger partial charge in [-0.3, -0.25) is 4.79 Å². The third-order valence-corrected chi connectivity index (χ3v) is 5.33. The van der Waals surface area contributed by atoms with Crippen molar-refractivity contribution < 1.29 is 23.5 Å². The lowest BCUT2D eigenvalue weighted by Crippen LogP contribution is -2.30. The SMILES string of the molecule is COc1cc2c(cc1NC(=O)[C@H](C)OC(=O)c1ccc(-n3cnnn3)cc1)oc1ccccc12. The van der Waals surface area contributed by atoms with Gasteiger partial charge in [0, 0.05) is 16.8 Å². The summed E-state index contributed by atoms with van der Waals surface area (Å²) < 4.78 is 18.2. The summed E-state index contributed by atoms with van der Waals surface area (Å²) in [4.78, 5) is 25.3. The maximum absolute atomic E-state index is 12.8. The van der Waals surface area contributed by atoms with Gasteiger partial charge in [-0.05, 0) is 53.7 Å². The van der Waals surface area contributed by atoms with Crippen LogP contribution in [-0.4, -0.2) is 45.3 Å². The van der Waals surface area contributed by atoms with Crippen molar-refractivity contribution in [3.05, 3.63) is 72.6 Å². The highest BCUT2D eigenvalue weighted by molar-refractivity contribution is 6.08. The van der Waals surface area contributed by atoms with Crippen molar-refractivity contribution in [2.45, 2.75) is 13.0 Å². The molecular weight excluding hydrogens is 438 g/mol. The summed E-state index contributed by atoms with van der Waals surface area (Å²) in [6, 6.07) is 17.6. The fraction of sp³-hybridized carbons (Fsp3) is 0.125. The number of fused-ring (bicyclic) bond motifs is 3. The van der Waals surface area contributed by atoms with Crippen molar-refractivity contribution in [1.29, 1.82) is 0 Å². The molecule has 170 valence electrons. The van der Waals surface area contributed by atoms with Crippen LogP contribution in [0.4, 0.5) is 5.69 Å². The number of nitrogens with one attached hydrogen (secondary N) is 1. The van der Waals surface area contributed by atoms with Crippen LogP contribution in [0.2, 0.25) is 0 Å². The molecule has 0 unspecified atom stereocenters. The smallest absolute Gasteiger partial charge is 0.338 e. The zero-order valence-corrected chi connectivity index (χ0v) is 18.3. The second-order valence-corrected chi connectivity index (χ2v) is 7.48. The minimum atomic E-state index is -1.05. The number of carbonyl (C=O) groups excluding carboxylic acids is 2. The normalized spacial score (nSPS) is 11.9. The lowest BCUT2D eigenvalue weighted by Gasteiger charge is -2.15. The van der Waals surface area contributed by atoms with Crippen molar-refractivity contribution in [3.8, 4) is 11.4 Å². The number of ether oxygens (including phenoxy) is 2. The van der Waals surface area contributed by atoms with Crippen LogP contribution in [0.15, 0.2) is 71.4 Å². The number of hydrogen-bond acceptors (Lipinski definition) is 8. The zero-order valence-electron chi connectivity index (χ0n) is 18.3. The predicted octanol–water partition coefficient (Wildman–Crippen LogP) is 3.75. The van der Waals surface area contributed by atoms with E-state index < -0.39 is 18.0 Å². The van der Waals surface area contributed by atoms with Crippen molar-refractivity contribution in [3.63, 3.8) is 0 Å². The maximum Gasteiger partial charge on any atom is 0.338 e. The summed E-state index contributed by atoms with van der Waals surface area (Å²) in [7, 11) is 1.52. The molecule has 0 bridgehead atoms. The van der Waals surface area contributed by atoms with Crippen LogP contribution >= 0.6 is 0 Å². The van der Waals surface area contributed by atoms with E-state index in [1.54, 1.807) is 36.4 Å². The minimum absolute atomic E-state index is 0.290. The number of methoxy groups -OCH3 is 1. The average Bonchev–Trinajstić information content (AvgIpc) is 3.51. The van der Waals surface area contributed by atoms with E-state index in [-0.39, 0.29) is 5.56 Å². The number of para-hydroxylation sites is 1. The molecule has 0 radical (unpaired) electrons. The van der Waals surface area contributed by atoms with E-state index >= 15 is 0 Å². The molecule has 3 aromatic carbocycles. The van der Waals surface area contributed by atoms with Crippen LogP contribution in [-0.2, 0) is 9.53 Å². The summed E-state index contributed by atoms with van der Waals surface area (Å²) in [5, 5.41) is 15.5. The number of furan rings is 1. The van der Waals surface area contributed by atoms with Crippen molar-refractivity contribution in [2.75, 3.05) is 12.4 Å². The van der Waals surface area contributed by atoms with Crippen LogP contribution in [0.25, 0.3) is 27.6 Å². The first-order chi connectivity index (χ1) is 16.5. The van der Waals surface area contributed by atoms with Crippen LogP contribution in [0.1, 0.15) is 17.3 Å². The highest BCUT2D eigenvalue weighted by atomic mass is 16.5. The molecule has 2 heterocycles. The predicted molar refractivity (Wildman–Crippen MR) is 123 cm³/mol. The maximum atomic E-state index is 12.8. The number of amides is 1. The highest BCUT2D eigenvalue weighted by Gasteiger charge is 2.21. The summed E-state index contributed by atoms with van der Waals surface area (Å²) in [5.41, 5.74) is 2.71. The fourth-order valence-corrected chi connectivity index (χ4v) is 3.56. The van der Waals surface area contributed by atoms with Gasteiger partial charge in [-0.1, -0.05) is 18.2 Å². The summed E-state index contributed by atoms with van der Waals surface area (Å²) in [6.45, 7) is 1.49. The second kappa shape index (κ2) is 8.66. The van der Waals surface area contributed by atoms with Gasteiger partial charge >= 0.3 is 5.97 Å². The third kappa shape index (κ3) is 3.92. The number of rotatable bonds is 6. The van der Waals surface area contributed by atoms with E-state index in [9.17, 15) is 9.59 Å². The Balaban J connectivity index is 1.30. The van der Waals surface area contributed by atoms with E-state index in [0.717, 1.165) is 16.4 Å². The summed E-state index contributed by atoms with van der Waals surface area (Å²) in [6.07, 6.45) is 0.388. The van der Waals surface area contributed by atoms with E-state index in [2.05, 4.69) is 20.8 Å². The number of anilines is 1. The number of carbonyl (C=O) groups is 2. The van der Waals surface area contributed by atoms with Crippen LogP contribution < -0.4 is 10.1 Å². The molecule has 0 aliphatic rings. The molecule has 0 aliphatic carbocycles. The second-order valence-electron chi connectivity index (χ2n) is 7.48. The van der Waals surface area contributed by atoms with Crippen LogP contribution in [0.3, 0.4) is 0 Å². The molecule has 1 atom stereocenters. The molecule has 1 N–H and O–H groups in total. The molecule has 0 saturated carbocycles. The van der Waals surface area contributed by atoms with E-state index in [4.69, 9.17) is 13.9 Å². The average molecular weight is 457 g/mol. The number of tetrazole rings is 1. The molecule has 10 heteroatoms. The molecule has 10 nitrogen and oxygen atoms in total. The number of esters is 1. The van der Waals surface area contributed by atoms with Crippen LogP contribution in [0, 0.1) is 0 Å². The Hall–Kier alpha value is -4.73. The number of benzene rings is 3. The fourth-order valence-electron chi connectivity index (χ4n) is 3.56. The van der Waals surface area contributed by atoms with Gasteiger partial charge in [-0.25, -0.2) is 9.48 Å². The van der Waals surface area contributed by atoms with Gasteiger partial charge in [0.1, 0.15) is 23.2 Å². The van der Waals surface area contributed by atoms with Gasteiger partial charge < -0.3 is 19.2 Å². The molecule has 34 heavy (non-hydrogen) atoms. The van der Waals surface area contributed by atoms with Gasteiger partial charge in [0.15, 0.2) is 6.10 Å². The topological polar surface area (TPSA) is 121 Å². The molecule has 2 aromatic heterocycles. The molecule has 5 rings (SSSR count). The zero-order chi connectivity index (χ0) is 23.7. The van der Waals surface area contributed by atoms with E-state index in [1.807, 2.05) is 24.3 Å². The molecule has 0 aliphatic heterocycles. The van der Waals surface area contributed by atoms with Crippen molar-refractivity contribution in [2.24, 2.45) is 0 Å². The lowest BCUT2D eigenvalue weighted by molar-refractivity contribution is -0.123. The first-order valence-electron chi connectivity index (χ1n) is 10.4. The minimum Gasteiger partial charge on any atom is -0.495 e. The molecule has 5 aromatic rings. The van der Waals surface area contributed by atoms with Crippen molar-refractivity contribution in [1.82, 2.24) is 20.2 Å². The van der Waals surface area contributed by atoms with E-state index in [1.165, 1.54) is 25.0 Å². The van der Waals surface area contributed by atoms with Gasteiger partial charge in [0.25, 0.3) is 5.91 Å². The number of nitrogens with zero attached hydrogens (tertiary/aromatic N) is 4. The van der Waals surface area contributed by atoms with Gasteiger partial charge in [0.2, 0.25) is 0 Å². The molecule has 0 spiro atoms. The highest BCUT2D eigenvalue weighted by Crippen LogP contribution is 2.36. The van der Waals surface area contributed by atoms with Gasteiger partial charge in [-0.15, -0.1) is 5.10 Å². The quantitative estimate of drug-likeness (QED) is 0.383. The van der Waals surface area contributed by atoms with Gasteiger partial charge in [-0.2, -0.15) is 0 Å². The largest absolute Gasteiger partial charge is 0.495 e. The monoisotopic (exact) mass is 457 g/mol. The Bertz CT molecular complexity index is 1490. The van der Waals surface area contributed by atoms with Gasteiger partial charge in [0.05, 0.1) is 24.0 Å². The molecule has 0 saturated heterocycles. The Morgan fingerprint density at radius 1 is 1.03 bits per heavy atom. The number of hydrogen-bond donors (Lipinski definition) is 1. The molecule has 0 fully saturated rings. The number of aromatic nitrogens is 4. The van der Waals surface area contributed by atoms with Crippen LogP contribution in [0.5, 0.6) is 5.75 Å². The van der Waals surface area contributed by atoms with Crippen molar-refractivity contribution >= 4 is 39.5 Å². The third-order valence-electron chi connectivity index (χ3n) is 5.33. The Kier molecular flexibility index (Phi) is 5.38. The first kappa shape index (κ1) is 21.1. The van der Waals surface area contributed by atoms with E-state index in [0.29, 0.717) is 22.7 Å². The molecule has 1 amide bonds. The summed E-state index contributed by atoms with van der Waals surface area (Å²) in [5.74, 6) is -0.679. The lowest BCUT2D eigenvalue weighted by atomic mass is 10.1. The standard InChI is InChI=1S/C24H19N5O5/c1-14(33-24(31)15-7-9-16(10-8-15)29-13-25-27-28-29)23(30)26-19-12-21-18(11-22(19)32-2)17-5-3-4-6-20(17)34-21/h3-14H,1-2H3,(H,26,30)/t14-/m0/s1. The Morgan fingerprint density at radius 2 is 1.82 bits per heavy atom.